The Hall–Kier alpha value is -1.28. The smallest absolute Gasteiger partial charge is 0.198 e. The summed E-state index contributed by atoms with van der Waals surface area (Å²) in [4.78, 5) is 0. The highest BCUT2D eigenvalue weighted by atomic mass is 16.7. The van der Waals surface area contributed by atoms with Crippen molar-refractivity contribution in [2.45, 2.75) is 38.9 Å². The average Bonchev–Trinajstić information content (AvgIpc) is 2.38. The second kappa shape index (κ2) is 6.45. The van der Waals surface area contributed by atoms with Gasteiger partial charge in [0.25, 0.3) is 0 Å². The van der Waals surface area contributed by atoms with Crippen molar-refractivity contribution in [3.8, 4) is 0 Å². The SMILES string of the molecule is Cc1ccccc1C/C=C\OC1CCCCO1. The Morgan fingerprint density at radius 1 is 1.35 bits per heavy atom. The summed E-state index contributed by atoms with van der Waals surface area (Å²) in [6.45, 7) is 2.96. The Morgan fingerprint density at radius 2 is 2.24 bits per heavy atom. The van der Waals surface area contributed by atoms with Gasteiger partial charge in [0.2, 0.25) is 0 Å². The van der Waals surface area contributed by atoms with E-state index >= 15 is 0 Å². The van der Waals surface area contributed by atoms with Gasteiger partial charge in [-0.15, -0.1) is 0 Å². The van der Waals surface area contributed by atoms with Gasteiger partial charge in [-0.05, 0) is 43.4 Å². The predicted molar refractivity (Wildman–Crippen MR) is 68.7 cm³/mol. The van der Waals surface area contributed by atoms with Gasteiger partial charge < -0.3 is 9.47 Å². The lowest BCUT2D eigenvalue weighted by Crippen LogP contribution is -2.19. The molecule has 0 aromatic heterocycles. The largest absolute Gasteiger partial charge is 0.473 e. The molecule has 1 atom stereocenters. The molecule has 2 rings (SSSR count). The molecule has 2 nitrogen and oxygen atoms in total. The van der Waals surface area contributed by atoms with Crippen LogP contribution in [0.2, 0.25) is 0 Å². The zero-order valence-electron chi connectivity index (χ0n) is 10.4. The van der Waals surface area contributed by atoms with Crippen LogP contribution in [0.4, 0.5) is 0 Å². The number of benzene rings is 1. The van der Waals surface area contributed by atoms with Crippen molar-refractivity contribution in [2.24, 2.45) is 0 Å². The molecule has 0 saturated carbocycles. The molecule has 0 radical (unpaired) electrons. The fourth-order valence-electron chi connectivity index (χ4n) is 1.98. The van der Waals surface area contributed by atoms with E-state index in [0.29, 0.717) is 0 Å². The first kappa shape index (κ1) is 12.2. The third-order valence-electron chi connectivity index (χ3n) is 3.06. The number of aryl methyl sites for hydroxylation is 1. The van der Waals surface area contributed by atoms with Gasteiger partial charge in [0.1, 0.15) is 0 Å². The number of allylic oxidation sites excluding steroid dienone is 1. The molecule has 0 bridgehead atoms. The second-order valence-electron chi connectivity index (χ2n) is 4.43. The fraction of sp³-hybridized carbons (Fsp3) is 0.467. The Bertz CT molecular complexity index is 365. The third-order valence-corrected chi connectivity index (χ3v) is 3.06. The molecule has 1 saturated heterocycles. The molecule has 0 aliphatic carbocycles. The number of rotatable bonds is 4. The fourth-order valence-corrected chi connectivity index (χ4v) is 1.98. The molecular weight excluding hydrogens is 212 g/mol. The van der Waals surface area contributed by atoms with Crippen LogP contribution in [-0.2, 0) is 15.9 Å². The minimum absolute atomic E-state index is 0.0307. The topological polar surface area (TPSA) is 18.5 Å². The van der Waals surface area contributed by atoms with Crippen LogP contribution in [0.1, 0.15) is 30.4 Å². The van der Waals surface area contributed by atoms with E-state index in [-0.39, 0.29) is 6.29 Å². The number of hydrogen-bond acceptors (Lipinski definition) is 2. The Kier molecular flexibility index (Phi) is 4.63. The van der Waals surface area contributed by atoms with Gasteiger partial charge in [0, 0.05) is 6.42 Å². The Labute approximate surface area is 103 Å². The highest BCUT2D eigenvalue weighted by Crippen LogP contribution is 2.14. The van der Waals surface area contributed by atoms with E-state index in [2.05, 4.69) is 37.3 Å². The molecule has 0 N–H and O–H groups in total. The van der Waals surface area contributed by atoms with Crippen LogP contribution in [0, 0.1) is 6.92 Å². The first-order valence-corrected chi connectivity index (χ1v) is 6.33. The molecule has 1 fully saturated rings. The number of ether oxygens (including phenoxy) is 2. The van der Waals surface area contributed by atoms with Gasteiger partial charge in [-0.3, -0.25) is 0 Å². The van der Waals surface area contributed by atoms with E-state index in [1.807, 2.05) is 0 Å². The lowest BCUT2D eigenvalue weighted by Gasteiger charge is -2.21. The zero-order valence-corrected chi connectivity index (χ0v) is 10.4. The molecule has 1 heterocycles. The molecular formula is C15H20O2. The van der Waals surface area contributed by atoms with Crippen molar-refractivity contribution in [1.82, 2.24) is 0 Å². The molecule has 17 heavy (non-hydrogen) atoms. The van der Waals surface area contributed by atoms with Crippen LogP contribution in [0.3, 0.4) is 0 Å². The summed E-state index contributed by atoms with van der Waals surface area (Å²) in [5, 5.41) is 0. The summed E-state index contributed by atoms with van der Waals surface area (Å²) >= 11 is 0. The van der Waals surface area contributed by atoms with Gasteiger partial charge in [-0.1, -0.05) is 24.3 Å². The minimum atomic E-state index is -0.0307. The van der Waals surface area contributed by atoms with Crippen molar-refractivity contribution < 1.29 is 9.47 Å². The predicted octanol–water partition coefficient (Wildman–Crippen LogP) is 3.59. The van der Waals surface area contributed by atoms with Gasteiger partial charge in [-0.2, -0.15) is 0 Å². The van der Waals surface area contributed by atoms with Gasteiger partial charge in [-0.25, -0.2) is 0 Å². The molecule has 92 valence electrons. The van der Waals surface area contributed by atoms with E-state index < -0.39 is 0 Å². The summed E-state index contributed by atoms with van der Waals surface area (Å²) in [7, 11) is 0. The van der Waals surface area contributed by atoms with E-state index in [0.717, 1.165) is 25.9 Å². The Balaban J connectivity index is 1.76. The summed E-state index contributed by atoms with van der Waals surface area (Å²) < 4.78 is 11.0. The molecule has 2 heteroatoms. The van der Waals surface area contributed by atoms with Crippen LogP contribution in [0.15, 0.2) is 36.6 Å². The summed E-state index contributed by atoms with van der Waals surface area (Å²) in [5.41, 5.74) is 2.67. The minimum Gasteiger partial charge on any atom is -0.473 e. The second-order valence-corrected chi connectivity index (χ2v) is 4.43. The van der Waals surface area contributed by atoms with Crippen molar-refractivity contribution in [1.29, 1.82) is 0 Å². The first-order valence-electron chi connectivity index (χ1n) is 6.33. The summed E-state index contributed by atoms with van der Waals surface area (Å²) in [6.07, 6.45) is 8.09. The summed E-state index contributed by atoms with van der Waals surface area (Å²) in [6, 6.07) is 8.42. The van der Waals surface area contributed by atoms with Gasteiger partial charge in [0.15, 0.2) is 6.29 Å². The maximum absolute atomic E-state index is 5.54. The quantitative estimate of drug-likeness (QED) is 0.738. The van der Waals surface area contributed by atoms with Crippen LogP contribution < -0.4 is 0 Å². The molecule has 1 aromatic rings. The molecule has 0 amide bonds. The van der Waals surface area contributed by atoms with Crippen LogP contribution >= 0.6 is 0 Å². The van der Waals surface area contributed by atoms with Crippen LogP contribution in [0.25, 0.3) is 0 Å². The van der Waals surface area contributed by atoms with Crippen molar-refractivity contribution in [3.63, 3.8) is 0 Å². The van der Waals surface area contributed by atoms with Crippen LogP contribution in [0.5, 0.6) is 0 Å². The normalized spacial score (nSPS) is 20.6. The first-order chi connectivity index (χ1) is 8.36. The van der Waals surface area contributed by atoms with Gasteiger partial charge in [0.05, 0.1) is 12.9 Å². The monoisotopic (exact) mass is 232 g/mol. The molecule has 1 aliphatic rings. The maximum Gasteiger partial charge on any atom is 0.198 e. The molecule has 0 spiro atoms. The van der Waals surface area contributed by atoms with E-state index in [4.69, 9.17) is 9.47 Å². The highest BCUT2D eigenvalue weighted by Gasteiger charge is 2.12. The molecule has 1 aliphatic heterocycles. The van der Waals surface area contributed by atoms with Crippen molar-refractivity contribution in [3.05, 3.63) is 47.7 Å². The maximum atomic E-state index is 5.54. The van der Waals surface area contributed by atoms with Crippen molar-refractivity contribution in [2.75, 3.05) is 6.61 Å². The lowest BCUT2D eigenvalue weighted by molar-refractivity contribution is -0.129. The third kappa shape index (κ3) is 3.90. The highest BCUT2D eigenvalue weighted by molar-refractivity contribution is 5.27. The summed E-state index contributed by atoms with van der Waals surface area (Å²) in [5.74, 6) is 0. The van der Waals surface area contributed by atoms with E-state index in [1.54, 1.807) is 6.26 Å². The Morgan fingerprint density at radius 3 is 3.00 bits per heavy atom. The molecule has 1 aromatic carbocycles. The van der Waals surface area contributed by atoms with E-state index in [1.165, 1.54) is 17.5 Å². The molecule has 1 unspecified atom stereocenters. The average molecular weight is 232 g/mol. The lowest BCUT2D eigenvalue weighted by atomic mass is 10.1. The standard InChI is InChI=1S/C15H20O2/c1-13-7-2-3-8-14(13)9-6-12-17-15-10-4-5-11-16-15/h2-3,6-8,12,15H,4-5,9-11H2,1H3/b12-6-. The zero-order chi connectivity index (χ0) is 11.9. The van der Waals surface area contributed by atoms with E-state index in [9.17, 15) is 0 Å². The van der Waals surface area contributed by atoms with Gasteiger partial charge >= 0.3 is 0 Å². The number of hydrogen-bond donors (Lipinski definition) is 0. The van der Waals surface area contributed by atoms with Crippen LogP contribution in [-0.4, -0.2) is 12.9 Å². The van der Waals surface area contributed by atoms with Crippen molar-refractivity contribution >= 4 is 0 Å².